The van der Waals surface area contributed by atoms with Crippen molar-refractivity contribution >= 4 is 28.1 Å². The number of hydrogen-bond acceptors (Lipinski definition) is 4. The molecule has 0 spiro atoms. The maximum Gasteiger partial charge on any atom is 0.420 e. The van der Waals surface area contributed by atoms with Crippen molar-refractivity contribution in [3.05, 3.63) is 29.6 Å². The predicted molar refractivity (Wildman–Crippen MR) is 90.7 cm³/mol. The summed E-state index contributed by atoms with van der Waals surface area (Å²) in [5.74, 6) is 0. The summed E-state index contributed by atoms with van der Waals surface area (Å²) in [5, 5.41) is 10.1. The van der Waals surface area contributed by atoms with Crippen LogP contribution in [0.3, 0.4) is 0 Å². The minimum atomic E-state index is -1.35. The van der Waals surface area contributed by atoms with E-state index in [0.717, 1.165) is 10.6 Å². The minimum Gasteiger partial charge on any atom is -0.465 e. The van der Waals surface area contributed by atoms with Crippen molar-refractivity contribution < 1.29 is 19.4 Å². The maximum absolute atomic E-state index is 12.3. The smallest absolute Gasteiger partial charge is 0.420 e. The maximum atomic E-state index is 12.3. The molecule has 7 heteroatoms. The van der Waals surface area contributed by atoms with E-state index in [-0.39, 0.29) is 0 Å². The molecule has 0 unspecified atom stereocenters. The second-order valence-corrected chi connectivity index (χ2v) is 7.40. The first-order valence-electron chi connectivity index (χ1n) is 7.23. The number of carbonyl (C=O) groups is 2. The van der Waals surface area contributed by atoms with E-state index < -0.39 is 23.3 Å². The molecule has 0 aliphatic heterocycles. The summed E-state index contributed by atoms with van der Waals surface area (Å²) in [5.41, 5.74) is -0.208. The van der Waals surface area contributed by atoms with Crippen LogP contribution in [-0.2, 0) is 16.5 Å². The van der Waals surface area contributed by atoms with Crippen molar-refractivity contribution in [2.75, 3.05) is 0 Å². The lowest BCUT2D eigenvalue weighted by atomic mass is 9.96. The minimum absolute atomic E-state index is 0.291. The lowest BCUT2D eigenvalue weighted by Gasteiger charge is -2.35. The molecule has 0 aliphatic rings. The first-order valence-corrected chi connectivity index (χ1v) is 8.35. The molecule has 0 aromatic carbocycles. The van der Waals surface area contributed by atoms with E-state index >= 15 is 0 Å². The molecule has 0 saturated heterocycles. The topological polar surface area (TPSA) is 79.7 Å². The molecule has 1 N–H and O–H groups in total. The average molecular weight is 387 g/mol. The number of carbonyl (C=O) groups excluding carboxylic acids is 1. The van der Waals surface area contributed by atoms with E-state index in [1.54, 1.807) is 34.6 Å². The summed E-state index contributed by atoms with van der Waals surface area (Å²) < 4.78 is 5.21. The highest BCUT2D eigenvalue weighted by Crippen LogP contribution is 2.23. The molecular formula is C16H23BrN2O4. The van der Waals surface area contributed by atoms with Crippen LogP contribution >= 0.6 is 15.9 Å². The van der Waals surface area contributed by atoms with Crippen LogP contribution in [0.2, 0.25) is 0 Å². The number of pyridine rings is 1. The Morgan fingerprint density at radius 1 is 1.22 bits per heavy atom. The van der Waals surface area contributed by atoms with E-state index in [2.05, 4.69) is 20.9 Å². The molecule has 128 valence electrons. The van der Waals surface area contributed by atoms with Crippen molar-refractivity contribution in [3.63, 3.8) is 0 Å². The molecule has 0 bridgehead atoms. The molecule has 1 heterocycles. The Kier molecular flexibility index (Phi) is 6.16. The third kappa shape index (κ3) is 5.82. The predicted octanol–water partition coefficient (Wildman–Crippen LogP) is 4.21. The largest absolute Gasteiger partial charge is 0.465 e. The number of aromatic nitrogens is 1. The molecular weight excluding hydrogens is 364 g/mol. The lowest BCUT2D eigenvalue weighted by Crippen LogP contribution is -2.53. The van der Waals surface area contributed by atoms with Gasteiger partial charge in [-0.05, 0) is 46.8 Å². The van der Waals surface area contributed by atoms with E-state index in [1.807, 2.05) is 18.2 Å². The first-order chi connectivity index (χ1) is 10.5. The number of nitrogens with zero attached hydrogens (tertiary/aromatic N) is 2. The van der Waals surface area contributed by atoms with Crippen molar-refractivity contribution in [2.24, 2.45) is 0 Å². The van der Waals surface area contributed by atoms with Gasteiger partial charge < -0.3 is 9.84 Å². The zero-order valence-corrected chi connectivity index (χ0v) is 15.7. The molecule has 0 saturated carbocycles. The Balaban J connectivity index is 3.04. The Bertz CT molecular complexity index is 582. The summed E-state index contributed by atoms with van der Waals surface area (Å²) in [7, 11) is 0. The molecule has 0 aliphatic carbocycles. The van der Waals surface area contributed by atoms with Crippen LogP contribution in [0, 0.1) is 0 Å². The Hall–Kier alpha value is -1.63. The van der Waals surface area contributed by atoms with Crippen molar-refractivity contribution in [1.29, 1.82) is 0 Å². The number of ether oxygens (including phenoxy) is 1. The van der Waals surface area contributed by atoms with Gasteiger partial charge in [0.05, 0.1) is 11.2 Å². The summed E-state index contributed by atoms with van der Waals surface area (Å²) in [6.45, 7) is 8.43. The van der Waals surface area contributed by atoms with Gasteiger partial charge in [-0.25, -0.2) is 14.5 Å². The number of rotatable bonds is 4. The highest BCUT2D eigenvalue weighted by molar-refractivity contribution is 9.08. The van der Waals surface area contributed by atoms with Gasteiger partial charge in [0.15, 0.2) is 0 Å². The fraction of sp³-hybridized carbons (Fsp3) is 0.562. The van der Waals surface area contributed by atoms with E-state index in [4.69, 9.17) is 4.74 Å². The normalized spacial score (nSPS) is 11.9. The third-order valence-corrected chi connectivity index (χ3v) is 3.56. The molecule has 0 atom stereocenters. The van der Waals surface area contributed by atoms with Gasteiger partial charge in [0.2, 0.25) is 0 Å². The van der Waals surface area contributed by atoms with Crippen LogP contribution in [-0.4, -0.2) is 38.3 Å². The Morgan fingerprint density at radius 2 is 1.78 bits per heavy atom. The zero-order chi connectivity index (χ0) is 17.8. The van der Waals surface area contributed by atoms with Gasteiger partial charge in [0, 0.05) is 17.4 Å². The molecule has 0 radical (unpaired) electrons. The molecule has 1 rings (SSSR count). The Morgan fingerprint density at radius 3 is 2.26 bits per heavy atom. The van der Waals surface area contributed by atoms with E-state index in [0.29, 0.717) is 17.4 Å². The number of halogens is 1. The SMILES string of the molecule is CC(C)(C)OC(=O)N(C(=O)O)C(C)(C)Cc1cccc(CBr)n1. The van der Waals surface area contributed by atoms with Crippen LogP contribution < -0.4 is 0 Å². The molecule has 6 nitrogen and oxygen atoms in total. The number of alkyl halides is 1. The van der Waals surface area contributed by atoms with Crippen LogP contribution in [0.1, 0.15) is 46.0 Å². The second kappa shape index (κ2) is 7.29. The van der Waals surface area contributed by atoms with Crippen LogP contribution in [0.5, 0.6) is 0 Å². The lowest BCUT2D eigenvalue weighted by molar-refractivity contribution is 0.00785. The first kappa shape index (κ1) is 19.4. The molecule has 2 amide bonds. The van der Waals surface area contributed by atoms with Crippen LogP contribution in [0.25, 0.3) is 0 Å². The summed E-state index contributed by atoms with van der Waals surface area (Å²) in [6.07, 6.45) is -1.94. The molecule has 1 aromatic heterocycles. The molecule has 23 heavy (non-hydrogen) atoms. The second-order valence-electron chi connectivity index (χ2n) is 6.84. The van der Waals surface area contributed by atoms with Gasteiger partial charge in [0.25, 0.3) is 0 Å². The number of amides is 2. The summed E-state index contributed by atoms with van der Waals surface area (Å²) in [4.78, 5) is 29.0. The number of carboxylic acid groups (broad SMARTS) is 1. The van der Waals surface area contributed by atoms with Gasteiger partial charge in [-0.15, -0.1) is 0 Å². The number of hydrogen-bond donors (Lipinski definition) is 1. The Labute approximate surface area is 145 Å². The van der Waals surface area contributed by atoms with E-state index in [1.165, 1.54) is 0 Å². The fourth-order valence-electron chi connectivity index (χ4n) is 2.12. The monoisotopic (exact) mass is 386 g/mol. The number of imide groups is 1. The van der Waals surface area contributed by atoms with Crippen molar-refractivity contribution in [3.8, 4) is 0 Å². The van der Waals surface area contributed by atoms with Gasteiger partial charge in [-0.2, -0.15) is 0 Å². The van der Waals surface area contributed by atoms with Gasteiger partial charge in [-0.3, -0.25) is 4.98 Å². The van der Waals surface area contributed by atoms with Gasteiger partial charge >= 0.3 is 12.2 Å². The van der Waals surface area contributed by atoms with Crippen LogP contribution in [0.15, 0.2) is 18.2 Å². The highest BCUT2D eigenvalue weighted by Gasteiger charge is 2.39. The average Bonchev–Trinajstić information content (AvgIpc) is 2.34. The fourth-order valence-corrected chi connectivity index (χ4v) is 2.43. The van der Waals surface area contributed by atoms with Gasteiger partial charge in [-0.1, -0.05) is 22.0 Å². The highest BCUT2D eigenvalue weighted by atomic mass is 79.9. The summed E-state index contributed by atoms with van der Waals surface area (Å²) in [6, 6.07) is 5.53. The van der Waals surface area contributed by atoms with Crippen molar-refractivity contribution in [1.82, 2.24) is 9.88 Å². The summed E-state index contributed by atoms with van der Waals surface area (Å²) >= 11 is 3.34. The van der Waals surface area contributed by atoms with Gasteiger partial charge in [0.1, 0.15) is 5.60 Å². The quantitative estimate of drug-likeness (QED) is 0.783. The zero-order valence-electron chi connectivity index (χ0n) is 14.1. The third-order valence-electron chi connectivity index (χ3n) is 2.99. The van der Waals surface area contributed by atoms with Crippen LogP contribution in [0.4, 0.5) is 9.59 Å². The van der Waals surface area contributed by atoms with E-state index in [9.17, 15) is 14.7 Å². The standard InChI is InChI=1S/C16H23BrN2O4/c1-15(2,3)23-14(22)19(13(20)21)16(4,5)9-11-7-6-8-12(10-17)18-11/h6-8H,9-10H2,1-5H3,(H,20,21). The van der Waals surface area contributed by atoms with Crippen molar-refractivity contribution in [2.45, 2.75) is 57.5 Å². The molecule has 0 fully saturated rings. The molecule has 1 aromatic rings.